The Morgan fingerprint density at radius 3 is 2.80 bits per heavy atom. The summed E-state index contributed by atoms with van der Waals surface area (Å²) in [6, 6.07) is 12.8. The van der Waals surface area contributed by atoms with Crippen molar-refractivity contribution in [1.29, 1.82) is 0 Å². The summed E-state index contributed by atoms with van der Waals surface area (Å²) in [6.45, 7) is 1.73. The number of hydrogen-bond donors (Lipinski definition) is 0. The first kappa shape index (κ1) is 20.8. The number of benzene rings is 2. The van der Waals surface area contributed by atoms with Crippen LogP contribution < -0.4 is 4.74 Å². The molecule has 0 spiro atoms. The summed E-state index contributed by atoms with van der Waals surface area (Å²) in [5.74, 6) is 2.04. The number of nitrogens with zero attached hydrogens (tertiary/aromatic N) is 3. The van der Waals surface area contributed by atoms with Crippen LogP contribution in [0.3, 0.4) is 0 Å². The van der Waals surface area contributed by atoms with Crippen LogP contribution in [0.15, 0.2) is 54.9 Å². The van der Waals surface area contributed by atoms with Crippen LogP contribution in [0, 0.1) is 5.92 Å². The van der Waals surface area contributed by atoms with Gasteiger partial charge in [-0.1, -0.05) is 35.3 Å². The van der Waals surface area contributed by atoms with Gasteiger partial charge in [0.25, 0.3) is 5.91 Å². The van der Waals surface area contributed by atoms with E-state index in [-0.39, 0.29) is 5.91 Å². The van der Waals surface area contributed by atoms with Crippen LogP contribution in [0.4, 0.5) is 0 Å². The Hall–Kier alpha value is -2.50. The molecule has 1 aliphatic rings. The zero-order chi connectivity index (χ0) is 21.1. The van der Waals surface area contributed by atoms with Crippen molar-refractivity contribution < 1.29 is 9.53 Å². The Morgan fingerprint density at radius 1 is 1.23 bits per heavy atom. The number of methoxy groups -OCH3 is 1. The molecule has 1 saturated carbocycles. The molecule has 1 heterocycles. The Balaban J connectivity index is 1.55. The quantitative estimate of drug-likeness (QED) is 0.474. The smallest absolute Gasteiger partial charge is 0.254 e. The van der Waals surface area contributed by atoms with E-state index >= 15 is 0 Å². The molecule has 0 atom stereocenters. The second kappa shape index (κ2) is 9.11. The maximum atomic E-state index is 13.3. The molecule has 5 nitrogen and oxygen atoms in total. The Morgan fingerprint density at radius 2 is 2.07 bits per heavy atom. The van der Waals surface area contributed by atoms with Gasteiger partial charge in [-0.3, -0.25) is 4.79 Å². The summed E-state index contributed by atoms with van der Waals surface area (Å²) in [4.78, 5) is 19.7. The second-order valence-electron chi connectivity index (χ2n) is 7.57. The summed E-state index contributed by atoms with van der Waals surface area (Å²) in [6.07, 6.45) is 5.99. The van der Waals surface area contributed by atoms with E-state index in [0.29, 0.717) is 40.4 Å². The van der Waals surface area contributed by atoms with E-state index in [2.05, 4.69) is 4.98 Å². The number of amides is 1. The normalized spacial score (nSPS) is 13.3. The third kappa shape index (κ3) is 4.97. The highest BCUT2D eigenvalue weighted by Gasteiger charge is 2.28. The minimum absolute atomic E-state index is 0.0140. The largest absolute Gasteiger partial charge is 0.497 e. The lowest BCUT2D eigenvalue weighted by Gasteiger charge is -2.23. The van der Waals surface area contributed by atoms with E-state index in [9.17, 15) is 4.79 Å². The molecule has 1 amide bonds. The molecule has 0 radical (unpaired) electrons. The fourth-order valence-corrected chi connectivity index (χ4v) is 3.88. The SMILES string of the molecule is COc1cccc(C(=O)N(Cc2nccn2Cc2ccc(Cl)cc2Cl)CC2CC2)c1. The zero-order valence-electron chi connectivity index (χ0n) is 16.7. The molecular weight excluding hydrogens is 421 g/mol. The van der Waals surface area contributed by atoms with Gasteiger partial charge in [0.05, 0.1) is 20.2 Å². The molecule has 30 heavy (non-hydrogen) atoms. The van der Waals surface area contributed by atoms with Crippen molar-refractivity contribution in [2.75, 3.05) is 13.7 Å². The average molecular weight is 444 g/mol. The highest BCUT2D eigenvalue weighted by atomic mass is 35.5. The number of hydrogen-bond acceptors (Lipinski definition) is 3. The lowest BCUT2D eigenvalue weighted by molar-refractivity contribution is 0.0728. The number of ether oxygens (including phenoxy) is 1. The molecule has 0 unspecified atom stereocenters. The third-order valence-corrected chi connectivity index (χ3v) is 5.86. The van der Waals surface area contributed by atoms with Gasteiger partial charge in [-0.2, -0.15) is 0 Å². The van der Waals surface area contributed by atoms with Crippen LogP contribution in [0.1, 0.15) is 34.6 Å². The van der Waals surface area contributed by atoms with Crippen molar-refractivity contribution in [3.8, 4) is 5.75 Å². The van der Waals surface area contributed by atoms with E-state index in [1.165, 1.54) is 0 Å². The maximum absolute atomic E-state index is 13.3. The number of rotatable bonds is 8. The molecule has 156 valence electrons. The van der Waals surface area contributed by atoms with Gasteiger partial charge in [-0.15, -0.1) is 0 Å². The van der Waals surface area contributed by atoms with E-state index in [0.717, 1.165) is 30.8 Å². The highest BCUT2D eigenvalue weighted by Crippen LogP contribution is 2.31. The zero-order valence-corrected chi connectivity index (χ0v) is 18.2. The number of halogens is 2. The van der Waals surface area contributed by atoms with Gasteiger partial charge in [0, 0.05) is 34.5 Å². The van der Waals surface area contributed by atoms with Crippen LogP contribution in [0.5, 0.6) is 5.75 Å². The van der Waals surface area contributed by atoms with Crippen molar-refractivity contribution in [3.05, 3.63) is 81.9 Å². The lowest BCUT2D eigenvalue weighted by atomic mass is 10.1. The number of aromatic nitrogens is 2. The van der Waals surface area contributed by atoms with Crippen molar-refractivity contribution in [1.82, 2.24) is 14.5 Å². The first-order valence-corrected chi connectivity index (χ1v) is 10.7. The van der Waals surface area contributed by atoms with E-state index in [4.69, 9.17) is 27.9 Å². The molecule has 7 heteroatoms. The molecule has 1 aliphatic carbocycles. The summed E-state index contributed by atoms with van der Waals surface area (Å²) >= 11 is 12.4. The minimum atomic E-state index is -0.0140. The molecule has 4 rings (SSSR count). The van der Waals surface area contributed by atoms with E-state index < -0.39 is 0 Å². The fourth-order valence-electron chi connectivity index (χ4n) is 3.41. The first-order valence-electron chi connectivity index (χ1n) is 9.90. The van der Waals surface area contributed by atoms with Gasteiger partial charge in [0.15, 0.2) is 0 Å². The third-order valence-electron chi connectivity index (χ3n) is 5.27. The van der Waals surface area contributed by atoms with E-state index in [1.54, 1.807) is 25.4 Å². The highest BCUT2D eigenvalue weighted by molar-refractivity contribution is 6.35. The van der Waals surface area contributed by atoms with E-state index in [1.807, 2.05) is 46.0 Å². The molecule has 0 saturated heterocycles. The minimum Gasteiger partial charge on any atom is -0.497 e. The Labute approximate surface area is 186 Å². The van der Waals surface area contributed by atoms with Crippen LogP contribution in [0.25, 0.3) is 0 Å². The van der Waals surface area contributed by atoms with Crippen molar-refractivity contribution in [2.24, 2.45) is 5.92 Å². The van der Waals surface area contributed by atoms with Crippen LogP contribution >= 0.6 is 23.2 Å². The average Bonchev–Trinajstić information content (AvgIpc) is 3.46. The molecule has 0 aliphatic heterocycles. The molecule has 3 aromatic rings. The predicted octanol–water partition coefficient (Wildman–Crippen LogP) is 5.30. The molecule has 0 bridgehead atoms. The predicted molar refractivity (Wildman–Crippen MR) is 118 cm³/mol. The fraction of sp³-hybridized carbons (Fsp3) is 0.304. The maximum Gasteiger partial charge on any atom is 0.254 e. The summed E-state index contributed by atoms with van der Waals surface area (Å²) in [5, 5.41) is 1.22. The van der Waals surface area contributed by atoms with Gasteiger partial charge in [0.1, 0.15) is 11.6 Å². The van der Waals surface area contributed by atoms with Gasteiger partial charge < -0.3 is 14.2 Å². The van der Waals surface area contributed by atoms with Crippen LogP contribution in [-0.2, 0) is 13.1 Å². The summed E-state index contributed by atoms with van der Waals surface area (Å²) in [7, 11) is 1.60. The molecule has 0 N–H and O–H groups in total. The standard InChI is InChI=1S/C23H23Cl2N3O2/c1-30-20-4-2-3-17(11-20)23(29)28(13-16-5-6-16)15-22-26-9-10-27(22)14-18-7-8-19(24)12-21(18)25/h2-4,7-12,16H,5-6,13-15H2,1H3. The van der Waals surface area contributed by atoms with Crippen molar-refractivity contribution in [3.63, 3.8) is 0 Å². The Bertz CT molecular complexity index is 1050. The number of imidazole rings is 1. The van der Waals surface area contributed by atoms with Crippen molar-refractivity contribution in [2.45, 2.75) is 25.9 Å². The first-order chi connectivity index (χ1) is 14.5. The van der Waals surface area contributed by atoms with Crippen LogP contribution in [0.2, 0.25) is 10.0 Å². The molecular formula is C23H23Cl2N3O2. The summed E-state index contributed by atoms with van der Waals surface area (Å²) in [5.41, 5.74) is 1.57. The Kier molecular flexibility index (Phi) is 6.30. The van der Waals surface area contributed by atoms with Crippen molar-refractivity contribution >= 4 is 29.1 Å². The summed E-state index contributed by atoms with van der Waals surface area (Å²) < 4.78 is 7.30. The monoisotopic (exact) mass is 443 g/mol. The van der Waals surface area contributed by atoms with Gasteiger partial charge in [-0.25, -0.2) is 4.98 Å². The second-order valence-corrected chi connectivity index (χ2v) is 8.41. The molecule has 2 aromatic carbocycles. The lowest BCUT2D eigenvalue weighted by Crippen LogP contribution is -2.33. The number of carbonyl (C=O) groups is 1. The van der Waals surface area contributed by atoms with Gasteiger partial charge in [-0.05, 0) is 54.7 Å². The topological polar surface area (TPSA) is 47.4 Å². The van der Waals surface area contributed by atoms with Gasteiger partial charge >= 0.3 is 0 Å². The molecule has 1 fully saturated rings. The number of carbonyl (C=O) groups excluding carboxylic acids is 1. The van der Waals surface area contributed by atoms with Crippen LogP contribution in [-0.4, -0.2) is 34.0 Å². The van der Waals surface area contributed by atoms with Gasteiger partial charge in [0.2, 0.25) is 0 Å². The molecule has 1 aromatic heterocycles.